The van der Waals surface area contributed by atoms with E-state index in [1.807, 2.05) is 33.8 Å². The number of ketones is 1. The van der Waals surface area contributed by atoms with Crippen LogP contribution in [0.3, 0.4) is 0 Å². The summed E-state index contributed by atoms with van der Waals surface area (Å²) in [4.78, 5) is 20.7. The van der Waals surface area contributed by atoms with E-state index >= 15 is 0 Å². The number of hydrogen-bond acceptors (Lipinski definition) is 4. The summed E-state index contributed by atoms with van der Waals surface area (Å²) in [7, 11) is 0. The smallest absolute Gasteiger partial charge is 0.162 e. The molecule has 6 heteroatoms. The van der Waals surface area contributed by atoms with Crippen molar-refractivity contribution in [1.29, 1.82) is 0 Å². The number of allylic oxidation sites excluding steroid dienone is 2. The fraction of sp³-hybridized carbons (Fsp3) is 0.303. The Morgan fingerprint density at radius 3 is 2.36 bits per heavy atom. The van der Waals surface area contributed by atoms with Gasteiger partial charge in [-0.3, -0.25) is 9.78 Å². The van der Waals surface area contributed by atoms with Crippen molar-refractivity contribution in [2.24, 2.45) is 11.8 Å². The number of aliphatic hydroxyl groups is 1. The Bertz CT molecular complexity index is 1760. The fourth-order valence-electron chi connectivity index (χ4n) is 5.46. The molecule has 0 fully saturated rings. The number of fused-ring (bicyclic) bond motifs is 4. The Kier molecular flexibility index (Phi) is 8.99. The van der Waals surface area contributed by atoms with Crippen LogP contribution in [0.5, 0.6) is 0 Å². The molecule has 1 radical (unpaired) electrons. The number of pyridine rings is 2. The van der Waals surface area contributed by atoms with Crippen molar-refractivity contribution in [2.45, 2.75) is 53.4 Å². The second-order valence-electron chi connectivity index (χ2n) is 9.91. The molecule has 4 aromatic heterocycles. The van der Waals surface area contributed by atoms with Crippen LogP contribution >= 0.6 is 0 Å². The SMILES string of the molecule is CCC(CC)C(=O)/C=C(\O)C(CC)CC.[Ir].[c-]1c2ccccc2cc2c1c1ncnc3ccc4ccc2n4c31. The van der Waals surface area contributed by atoms with Crippen LogP contribution in [-0.2, 0) is 24.9 Å². The normalized spacial score (nSPS) is 12.1. The molecule has 4 heterocycles. The molecule has 0 aliphatic rings. The largest absolute Gasteiger partial charge is 0.512 e. The van der Waals surface area contributed by atoms with Crippen molar-refractivity contribution in [2.75, 3.05) is 0 Å². The standard InChI is InChI=1S/C20H10N3.C13H24O2.Ir/c1-2-4-13-10-16-15(9-12(13)3-1)18-8-6-14-5-7-17-20(23(14)18)19(16)22-11-21-17;1-5-10(6-2)12(14)9-13(15)11(7-3)8-4;/h1-9,11H;9-11,14H,5-8H2,1-4H3;/q-1;;/b;12-9-;. The van der Waals surface area contributed by atoms with E-state index in [2.05, 4.69) is 69.0 Å². The molecule has 0 unspecified atom stereocenters. The topological polar surface area (TPSA) is 67.5 Å². The summed E-state index contributed by atoms with van der Waals surface area (Å²) in [5.41, 5.74) is 5.36. The zero-order valence-electron chi connectivity index (χ0n) is 22.9. The Hall–Kier alpha value is -3.34. The van der Waals surface area contributed by atoms with Crippen LogP contribution in [0, 0.1) is 17.9 Å². The van der Waals surface area contributed by atoms with Crippen LogP contribution in [0.1, 0.15) is 53.4 Å². The van der Waals surface area contributed by atoms with Crippen molar-refractivity contribution >= 4 is 54.9 Å². The fourth-order valence-corrected chi connectivity index (χ4v) is 5.46. The molecule has 0 aliphatic carbocycles. The third-order valence-corrected chi connectivity index (χ3v) is 7.78. The van der Waals surface area contributed by atoms with Crippen molar-refractivity contribution in [1.82, 2.24) is 14.4 Å². The van der Waals surface area contributed by atoms with Crippen molar-refractivity contribution in [3.05, 3.63) is 78.8 Å². The van der Waals surface area contributed by atoms with E-state index in [0.717, 1.165) is 53.0 Å². The maximum Gasteiger partial charge on any atom is 0.162 e. The van der Waals surface area contributed by atoms with Crippen LogP contribution in [0.2, 0.25) is 0 Å². The molecule has 0 atom stereocenters. The molecule has 0 bridgehead atoms. The third-order valence-electron chi connectivity index (χ3n) is 7.78. The first-order chi connectivity index (χ1) is 18.5. The van der Waals surface area contributed by atoms with Crippen molar-refractivity contribution in [3.8, 4) is 0 Å². The van der Waals surface area contributed by atoms with Crippen LogP contribution < -0.4 is 0 Å². The molecule has 6 rings (SSSR count). The van der Waals surface area contributed by atoms with E-state index in [1.54, 1.807) is 6.33 Å². The second kappa shape index (κ2) is 12.2. The maximum atomic E-state index is 11.7. The molecule has 39 heavy (non-hydrogen) atoms. The average molecular weight is 697 g/mol. The number of hydrogen-bond donors (Lipinski definition) is 1. The number of aromatic nitrogens is 3. The zero-order chi connectivity index (χ0) is 26.8. The zero-order valence-corrected chi connectivity index (χ0v) is 25.3. The van der Waals surface area contributed by atoms with Gasteiger partial charge in [-0.15, -0.1) is 23.6 Å². The van der Waals surface area contributed by atoms with Crippen LogP contribution in [0.25, 0.3) is 49.1 Å². The number of aliphatic hydroxyl groups excluding tert-OH is 1. The molecular weight excluding hydrogens is 663 g/mol. The van der Waals surface area contributed by atoms with Gasteiger partial charge in [0.05, 0.1) is 16.8 Å². The van der Waals surface area contributed by atoms with E-state index in [0.29, 0.717) is 0 Å². The molecule has 0 aliphatic heterocycles. The Balaban J connectivity index is 0.000000196. The summed E-state index contributed by atoms with van der Waals surface area (Å²) in [5, 5.41) is 14.3. The van der Waals surface area contributed by atoms with E-state index in [-0.39, 0.29) is 43.5 Å². The quantitative estimate of drug-likeness (QED) is 0.0598. The summed E-state index contributed by atoms with van der Waals surface area (Å²) in [5.74, 6) is 0.547. The Morgan fingerprint density at radius 2 is 1.64 bits per heavy atom. The first-order valence-electron chi connectivity index (χ1n) is 13.7. The summed E-state index contributed by atoms with van der Waals surface area (Å²) in [6.45, 7) is 8.07. The van der Waals surface area contributed by atoms with Crippen LogP contribution in [0.15, 0.2) is 72.8 Å². The molecule has 203 valence electrons. The van der Waals surface area contributed by atoms with Gasteiger partial charge >= 0.3 is 0 Å². The minimum absolute atomic E-state index is 0. The molecule has 2 aromatic carbocycles. The van der Waals surface area contributed by atoms with Gasteiger partial charge in [0, 0.05) is 54.6 Å². The first-order valence-corrected chi connectivity index (χ1v) is 13.7. The van der Waals surface area contributed by atoms with Crippen molar-refractivity contribution in [3.63, 3.8) is 0 Å². The van der Waals surface area contributed by atoms with Gasteiger partial charge in [0.1, 0.15) is 6.33 Å². The number of benzene rings is 2. The van der Waals surface area contributed by atoms with Gasteiger partial charge in [0.2, 0.25) is 0 Å². The molecular formula is C33H34IrN3O2-. The summed E-state index contributed by atoms with van der Waals surface area (Å²) < 4.78 is 2.26. The van der Waals surface area contributed by atoms with Gasteiger partial charge in [-0.2, -0.15) is 0 Å². The summed E-state index contributed by atoms with van der Waals surface area (Å²) in [6, 6.07) is 22.7. The number of rotatable bonds is 7. The first kappa shape index (κ1) is 28.7. The monoisotopic (exact) mass is 697 g/mol. The molecule has 6 aromatic rings. The minimum atomic E-state index is 0. The molecule has 0 spiro atoms. The van der Waals surface area contributed by atoms with Crippen LogP contribution in [0.4, 0.5) is 0 Å². The molecule has 0 saturated carbocycles. The van der Waals surface area contributed by atoms with Gasteiger partial charge < -0.3 is 9.51 Å². The average Bonchev–Trinajstić information content (AvgIpc) is 3.39. The van der Waals surface area contributed by atoms with Crippen LogP contribution in [-0.4, -0.2) is 25.3 Å². The molecule has 0 saturated heterocycles. The minimum Gasteiger partial charge on any atom is -0.512 e. The van der Waals surface area contributed by atoms with E-state index in [9.17, 15) is 9.90 Å². The summed E-state index contributed by atoms with van der Waals surface area (Å²) in [6.07, 6.45) is 6.55. The van der Waals surface area contributed by atoms with E-state index in [4.69, 9.17) is 0 Å². The third kappa shape index (κ3) is 5.28. The Morgan fingerprint density at radius 1 is 0.949 bits per heavy atom. The van der Waals surface area contributed by atoms with E-state index < -0.39 is 0 Å². The summed E-state index contributed by atoms with van der Waals surface area (Å²) >= 11 is 0. The van der Waals surface area contributed by atoms with Gasteiger partial charge in [-0.25, -0.2) is 4.98 Å². The predicted molar refractivity (Wildman–Crippen MR) is 157 cm³/mol. The molecule has 1 N–H and O–H groups in total. The Labute approximate surface area is 242 Å². The van der Waals surface area contributed by atoms with E-state index in [1.165, 1.54) is 27.9 Å². The molecule has 0 amide bonds. The number of carbonyl (C=O) groups excluding carboxylic acids is 1. The maximum absolute atomic E-state index is 11.7. The molecule has 5 nitrogen and oxygen atoms in total. The van der Waals surface area contributed by atoms with Gasteiger partial charge in [-0.1, -0.05) is 62.1 Å². The number of nitrogens with zero attached hydrogens (tertiary/aromatic N) is 3. The van der Waals surface area contributed by atoms with Gasteiger partial charge in [-0.05, 0) is 49.9 Å². The predicted octanol–water partition coefficient (Wildman–Crippen LogP) is 8.45. The number of carbonyl (C=O) groups is 1. The van der Waals surface area contributed by atoms with Crippen molar-refractivity contribution < 1.29 is 30.0 Å². The van der Waals surface area contributed by atoms with Gasteiger partial charge in [0.25, 0.3) is 0 Å². The van der Waals surface area contributed by atoms with Gasteiger partial charge in [0.15, 0.2) is 5.78 Å². The second-order valence-corrected chi connectivity index (χ2v) is 9.91.